The predicted octanol–water partition coefficient (Wildman–Crippen LogP) is 1.25. The van der Waals surface area contributed by atoms with Gasteiger partial charge in [-0.05, 0) is 25.3 Å². The number of rotatable bonds is 2. The van der Waals surface area contributed by atoms with Gasteiger partial charge in [-0.15, -0.1) is 0 Å². The average molecular weight is 168 g/mol. The highest BCUT2D eigenvalue weighted by Gasteiger charge is 2.43. The molecule has 2 nitrogen and oxygen atoms in total. The molecule has 0 aliphatic heterocycles. The maximum atomic E-state index is 9.99. The molecule has 2 atom stereocenters. The van der Waals surface area contributed by atoms with Crippen molar-refractivity contribution in [3.8, 4) is 0 Å². The van der Waals surface area contributed by atoms with Gasteiger partial charge in [-0.1, -0.05) is 18.7 Å². The van der Waals surface area contributed by atoms with Crippen molar-refractivity contribution < 1.29 is 10.2 Å². The molecule has 0 bridgehead atoms. The summed E-state index contributed by atoms with van der Waals surface area (Å²) in [6.45, 7) is 9.19. The van der Waals surface area contributed by atoms with Crippen LogP contribution in [-0.2, 0) is 0 Å². The molecule has 2 unspecified atom stereocenters. The average Bonchev–Trinajstić information content (AvgIpc) is 2.30. The third kappa shape index (κ3) is 1.21. The minimum absolute atomic E-state index is 0.0185. The summed E-state index contributed by atoms with van der Waals surface area (Å²) >= 11 is 0. The summed E-state index contributed by atoms with van der Waals surface area (Å²) in [5.74, 6) is -0.0185. The molecule has 1 aliphatic carbocycles. The number of hydrogen-bond acceptors (Lipinski definition) is 2. The Kier molecular flexibility index (Phi) is 2.40. The highest BCUT2D eigenvalue weighted by Crippen LogP contribution is 2.42. The summed E-state index contributed by atoms with van der Waals surface area (Å²) in [6.07, 6.45) is 1.64. The van der Waals surface area contributed by atoms with Crippen LogP contribution in [0.4, 0.5) is 0 Å². The summed E-state index contributed by atoms with van der Waals surface area (Å²) < 4.78 is 0. The van der Waals surface area contributed by atoms with Crippen LogP contribution in [0.15, 0.2) is 24.3 Å². The van der Waals surface area contributed by atoms with Crippen LogP contribution >= 0.6 is 0 Å². The molecule has 0 radical (unpaired) electrons. The molecule has 0 aromatic heterocycles. The van der Waals surface area contributed by atoms with Crippen molar-refractivity contribution in [2.45, 2.75) is 25.4 Å². The zero-order valence-corrected chi connectivity index (χ0v) is 7.51. The van der Waals surface area contributed by atoms with Crippen LogP contribution in [0.1, 0.15) is 19.8 Å². The van der Waals surface area contributed by atoms with E-state index in [4.69, 9.17) is 5.11 Å². The maximum Gasteiger partial charge on any atom is 0.115 e. The number of hydrogen-bond donors (Lipinski definition) is 2. The molecule has 0 heterocycles. The Balaban J connectivity index is 2.91. The summed E-state index contributed by atoms with van der Waals surface area (Å²) in [5.41, 5.74) is 0.550. The first kappa shape index (κ1) is 9.49. The zero-order chi connectivity index (χ0) is 9.35. The molecule has 0 aromatic carbocycles. The van der Waals surface area contributed by atoms with E-state index in [2.05, 4.69) is 13.2 Å². The van der Waals surface area contributed by atoms with Crippen molar-refractivity contribution in [2.24, 2.45) is 5.92 Å². The second-order valence-electron chi connectivity index (χ2n) is 3.62. The summed E-state index contributed by atoms with van der Waals surface area (Å²) in [6, 6.07) is 0. The van der Waals surface area contributed by atoms with E-state index < -0.39 is 5.60 Å². The van der Waals surface area contributed by atoms with E-state index >= 15 is 0 Å². The van der Waals surface area contributed by atoms with E-state index in [0.717, 1.165) is 24.0 Å². The van der Waals surface area contributed by atoms with Crippen LogP contribution in [0.25, 0.3) is 0 Å². The second-order valence-corrected chi connectivity index (χ2v) is 3.62. The van der Waals surface area contributed by atoms with Crippen molar-refractivity contribution in [1.82, 2.24) is 0 Å². The van der Waals surface area contributed by atoms with Crippen molar-refractivity contribution in [1.29, 1.82) is 0 Å². The Morgan fingerprint density at radius 2 is 2.33 bits per heavy atom. The number of aliphatic hydroxyl groups is 2. The van der Waals surface area contributed by atoms with E-state index in [1.807, 2.05) is 6.92 Å². The van der Waals surface area contributed by atoms with Gasteiger partial charge in [0.1, 0.15) is 5.60 Å². The Bertz CT molecular complexity index is 220. The first-order chi connectivity index (χ1) is 5.52. The molecule has 0 amide bonds. The Morgan fingerprint density at radius 1 is 1.75 bits per heavy atom. The van der Waals surface area contributed by atoms with Gasteiger partial charge in [0, 0.05) is 5.92 Å². The topological polar surface area (TPSA) is 40.5 Å². The van der Waals surface area contributed by atoms with Crippen LogP contribution in [0.3, 0.4) is 0 Å². The van der Waals surface area contributed by atoms with Crippen LogP contribution in [0, 0.1) is 5.92 Å². The smallest absolute Gasteiger partial charge is 0.115 e. The number of aliphatic hydroxyl groups excluding tert-OH is 1. The minimum atomic E-state index is -1.11. The molecule has 2 N–H and O–H groups in total. The van der Waals surface area contributed by atoms with Crippen molar-refractivity contribution in [3.05, 3.63) is 24.3 Å². The first-order valence-electron chi connectivity index (χ1n) is 4.19. The predicted molar refractivity (Wildman–Crippen MR) is 48.7 cm³/mol. The van der Waals surface area contributed by atoms with Gasteiger partial charge in [-0.25, -0.2) is 0 Å². The third-order valence-corrected chi connectivity index (χ3v) is 2.76. The van der Waals surface area contributed by atoms with Crippen LogP contribution in [0.5, 0.6) is 0 Å². The van der Waals surface area contributed by atoms with E-state index in [9.17, 15) is 5.11 Å². The fraction of sp³-hybridized carbons (Fsp3) is 0.600. The molecule has 1 fully saturated rings. The summed E-state index contributed by atoms with van der Waals surface area (Å²) in [5, 5.41) is 19.1. The molecular weight excluding hydrogens is 152 g/mol. The van der Waals surface area contributed by atoms with E-state index in [1.54, 1.807) is 0 Å². The lowest BCUT2D eigenvalue weighted by Crippen LogP contribution is -2.39. The van der Waals surface area contributed by atoms with Gasteiger partial charge in [0.15, 0.2) is 0 Å². The quantitative estimate of drug-likeness (QED) is 0.609. The third-order valence-electron chi connectivity index (χ3n) is 2.76. The fourth-order valence-corrected chi connectivity index (χ4v) is 1.90. The SMILES string of the molecule is C=C(C)C1CCC(=C)C1(O)CO. The normalized spacial score (nSPS) is 35.6. The monoisotopic (exact) mass is 168 g/mol. The maximum absolute atomic E-state index is 9.99. The van der Waals surface area contributed by atoms with Crippen molar-refractivity contribution in [3.63, 3.8) is 0 Å². The van der Waals surface area contributed by atoms with Crippen LogP contribution in [-0.4, -0.2) is 22.4 Å². The highest BCUT2D eigenvalue weighted by molar-refractivity contribution is 5.26. The molecule has 0 aromatic rings. The lowest BCUT2D eigenvalue weighted by atomic mass is 9.85. The van der Waals surface area contributed by atoms with Crippen molar-refractivity contribution >= 4 is 0 Å². The molecule has 1 saturated carbocycles. The molecule has 68 valence electrons. The molecular formula is C10H16O2. The first-order valence-corrected chi connectivity index (χ1v) is 4.19. The lowest BCUT2D eigenvalue weighted by molar-refractivity contribution is -0.00433. The molecule has 2 heteroatoms. The van der Waals surface area contributed by atoms with Crippen molar-refractivity contribution in [2.75, 3.05) is 6.61 Å². The second kappa shape index (κ2) is 3.04. The molecule has 0 spiro atoms. The Hall–Kier alpha value is -0.600. The summed E-state index contributed by atoms with van der Waals surface area (Å²) in [4.78, 5) is 0. The fourth-order valence-electron chi connectivity index (χ4n) is 1.90. The van der Waals surface area contributed by atoms with E-state index in [0.29, 0.717) is 0 Å². The standard InChI is InChI=1S/C10H16O2/c1-7(2)9-5-4-8(3)10(9,12)6-11/h9,11-12H,1,3-6H2,2H3. The zero-order valence-electron chi connectivity index (χ0n) is 7.51. The largest absolute Gasteiger partial charge is 0.393 e. The molecule has 1 rings (SSSR count). The summed E-state index contributed by atoms with van der Waals surface area (Å²) in [7, 11) is 0. The van der Waals surface area contributed by atoms with Gasteiger partial charge in [0.2, 0.25) is 0 Å². The molecule has 0 saturated heterocycles. The van der Waals surface area contributed by atoms with Crippen LogP contribution in [0.2, 0.25) is 0 Å². The van der Waals surface area contributed by atoms with Gasteiger partial charge in [0.25, 0.3) is 0 Å². The van der Waals surface area contributed by atoms with Gasteiger partial charge >= 0.3 is 0 Å². The van der Waals surface area contributed by atoms with Gasteiger partial charge in [0.05, 0.1) is 6.61 Å². The lowest BCUT2D eigenvalue weighted by Gasteiger charge is -2.29. The Morgan fingerprint density at radius 3 is 2.67 bits per heavy atom. The van der Waals surface area contributed by atoms with Gasteiger partial charge in [-0.3, -0.25) is 0 Å². The van der Waals surface area contributed by atoms with Gasteiger partial charge in [-0.2, -0.15) is 0 Å². The molecule has 1 aliphatic rings. The van der Waals surface area contributed by atoms with E-state index in [1.165, 1.54) is 0 Å². The van der Waals surface area contributed by atoms with Gasteiger partial charge < -0.3 is 10.2 Å². The minimum Gasteiger partial charge on any atom is -0.393 e. The highest BCUT2D eigenvalue weighted by atomic mass is 16.3. The Labute approximate surface area is 73.2 Å². The molecule has 12 heavy (non-hydrogen) atoms. The van der Waals surface area contributed by atoms with E-state index in [-0.39, 0.29) is 12.5 Å². The van der Waals surface area contributed by atoms with Crippen LogP contribution < -0.4 is 0 Å².